The van der Waals surface area contributed by atoms with E-state index in [0.717, 1.165) is 16.1 Å². The topological polar surface area (TPSA) is 59.0 Å². The van der Waals surface area contributed by atoms with Gasteiger partial charge in [-0.25, -0.2) is 0 Å². The van der Waals surface area contributed by atoms with Crippen molar-refractivity contribution in [3.05, 3.63) is 23.8 Å². The maximum absolute atomic E-state index is 9.15. The van der Waals surface area contributed by atoms with E-state index in [1.165, 1.54) is 0 Å². The van der Waals surface area contributed by atoms with Crippen molar-refractivity contribution in [2.45, 2.75) is 10.3 Å². The predicted octanol–water partition coefficient (Wildman–Crippen LogP) is 1.78. The van der Waals surface area contributed by atoms with Crippen molar-refractivity contribution in [1.29, 1.82) is 5.26 Å². The van der Waals surface area contributed by atoms with Gasteiger partial charge < -0.3 is 10.5 Å². The van der Waals surface area contributed by atoms with Gasteiger partial charge in [-0.15, -0.1) is 11.8 Å². The van der Waals surface area contributed by atoms with Crippen molar-refractivity contribution in [2.24, 2.45) is 0 Å². The molecule has 1 aromatic rings. The van der Waals surface area contributed by atoms with E-state index in [9.17, 15) is 0 Å². The molecule has 1 aliphatic rings. The number of rotatable bonds is 2. The van der Waals surface area contributed by atoms with Crippen molar-refractivity contribution in [3.63, 3.8) is 0 Å². The number of nitriles is 1. The maximum Gasteiger partial charge on any atom is 0.129 e. The number of hydrogen-bond acceptors (Lipinski definition) is 4. The zero-order valence-corrected chi connectivity index (χ0v) is 9.30. The summed E-state index contributed by atoms with van der Waals surface area (Å²) in [5.41, 5.74) is 7.14. The lowest BCUT2D eigenvalue weighted by Crippen LogP contribution is -2.45. The Morgan fingerprint density at radius 3 is 2.73 bits per heavy atom. The highest BCUT2D eigenvalue weighted by molar-refractivity contribution is 7.98. The van der Waals surface area contributed by atoms with Gasteiger partial charge in [0.15, 0.2) is 0 Å². The van der Waals surface area contributed by atoms with Crippen molar-refractivity contribution in [1.82, 2.24) is 0 Å². The van der Waals surface area contributed by atoms with Gasteiger partial charge in [-0.1, -0.05) is 6.07 Å². The van der Waals surface area contributed by atoms with Crippen molar-refractivity contribution < 1.29 is 4.74 Å². The molecule has 0 unspecified atom stereocenters. The first kappa shape index (κ1) is 10.3. The zero-order valence-electron chi connectivity index (χ0n) is 8.49. The highest BCUT2D eigenvalue weighted by Gasteiger charge is 2.40. The number of thioether (sulfide) groups is 1. The van der Waals surface area contributed by atoms with Crippen LogP contribution in [0.3, 0.4) is 0 Å². The maximum atomic E-state index is 9.15. The number of nitrogen functional groups attached to an aromatic ring is 1. The van der Waals surface area contributed by atoms with Gasteiger partial charge in [0.2, 0.25) is 0 Å². The van der Waals surface area contributed by atoms with E-state index in [1.807, 2.05) is 24.5 Å². The molecular formula is C11H12N2OS. The van der Waals surface area contributed by atoms with Gasteiger partial charge in [0, 0.05) is 10.6 Å². The summed E-state index contributed by atoms with van der Waals surface area (Å²) in [5, 5.41) is 9.15. The lowest BCUT2D eigenvalue weighted by molar-refractivity contribution is -0.0298. The van der Waals surface area contributed by atoms with E-state index in [0.29, 0.717) is 13.2 Å². The molecule has 2 rings (SSSR count). The third kappa shape index (κ3) is 1.58. The molecule has 1 aromatic carbocycles. The van der Waals surface area contributed by atoms with Crippen LogP contribution in [0.2, 0.25) is 0 Å². The molecule has 0 bridgehead atoms. The second-order valence-corrected chi connectivity index (χ2v) is 4.49. The molecular weight excluding hydrogens is 208 g/mol. The average molecular weight is 220 g/mol. The molecule has 0 aromatic heterocycles. The summed E-state index contributed by atoms with van der Waals surface area (Å²) in [5.74, 6) is 0. The van der Waals surface area contributed by atoms with Crippen LogP contribution in [0.4, 0.5) is 5.69 Å². The monoisotopic (exact) mass is 220 g/mol. The fourth-order valence-corrected chi connectivity index (χ4v) is 2.16. The molecule has 0 radical (unpaired) electrons. The van der Waals surface area contributed by atoms with E-state index in [1.54, 1.807) is 11.8 Å². The van der Waals surface area contributed by atoms with Crippen LogP contribution in [0.25, 0.3) is 0 Å². The SMILES string of the molecule is CSc1cc(C2(C#N)COC2)ccc1N. The van der Waals surface area contributed by atoms with Crippen LogP contribution in [0.5, 0.6) is 0 Å². The van der Waals surface area contributed by atoms with Crippen LogP contribution >= 0.6 is 11.8 Å². The molecule has 1 saturated heterocycles. The predicted molar refractivity (Wildman–Crippen MR) is 60.7 cm³/mol. The van der Waals surface area contributed by atoms with Crippen LogP contribution in [-0.2, 0) is 10.2 Å². The van der Waals surface area contributed by atoms with Crippen molar-refractivity contribution in [3.8, 4) is 6.07 Å². The molecule has 78 valence electrons. The number of anilines is 1. The van der Waals surface area contributed by atoms with Crippen LogP contribution in [-0.4, -0.2) is 19.5 Å². The summed E-state index contributed by atoms with van der Waals surface area (Å²) in [4.78, 5) is 1.02. The molecule has 15 heavy (non-hydrogen) atoms. The van der Waals surface area contributed by atoms with Crippen molar-refractivity contribution >= 4 is 17.4 Å². The molecule has 0 aliphatic carbocycles. The lowest BCUT2D eigenvalue weighted by atomic mass is 9.80. The average Bonchev–Trinajstić information content (AvgIpc) is 2.19. The first-order valence-corrected chi connectivity index (χ1v) is 5.87. The normalized spacial score (nSPS) is 17.9. The second-order valence-electron chi connectivity index (χ2n) is 3.64. The first-order valence-electron chi connectivity index (χ1n) is 4.65. The third-order valence-corrected chi connectivity index (χ3v) is 3.49. The molecule has 0 spiro atoms. The van der Waals surface area contributed by atoms with Gasteiger partial charge >= 0.3 is 0 Å². The Bertz CT molecular complexity index is 421. The summed E-state index contributed by atoms with van der Waals surface area (Å²) in [6.07, 6.45) is 1.98. The van der Waals surface area contributed by atoms with E-state index in [2.05, 4.69) is 6.07 Å². The third-order valence-electron chi connectivity index (χ3n) is 2.70. The van der Waals surface area contributed by atoms with Gasteiger partial charge in [-0.05, 0) is 24.0 Å². The van der Waals surface area contributed by atoms with Crippen LogP contribution < -0.4 is 5.73 Å². The second kappa shape index (κ2) is 3.76. The molecule has 2 N–H and O–H groups in total. The molecule has 1 aliphatic heterocycles. The smallest absolute Gasteiger partial charge is 0.129 e. The minimum atomic E-state index is -0.446. The Hall–Kier alpha value is -1.18. The summed E-state index contributed by atoms with van der Waals surface area (Å²) in [6.45, 7) is 0.975. The molecule has 4 heteroatoms. The first-order chi connectivity index (χ1) is 7.22. The zero-order chi connectivity index (χ0) is 10.9. The number of benzene rings is 1. The summed E-state index contributed by atoms with van der Waals surface area (Å²) in [6, 6.07) is 8.10. The summed E-state index contributed by atoms with van der Waals surface area (Å²) < 4.78 is 5.13. The minimum Gasteiger partial charge on any atom is -0.398 e. The Morgan fingerprint density at radius 1 is 1.53 bits per heavy atom. The van der Waals surface area contributed by atoms with Gasteiger partial charge in [0.05, 0.1) is 19.3 Å². The van der Waals surface area contributed by atoms with Gasteiger partial charge in [-0.2, -0.15) is 5.26 Å². The molecule has 0 amide bonds. The molecule has 0 saturated carbocycles. The molecule has 3 nitrogen and oxygen atoms in total. The largest absolute Gasteiger partial charge is 0.398 e. The van der Waals surface area contributed by atoms with Gasteiger partial charge in [0.1, 0.15) is 5.41 Å². The molecule has 1 fully saturated rings. The Kier molecular flexibility index (Phi) is 2.59. The van der Waals surface area contributed by atoms with E-state index in [-0.39, 0.29) is 0 Å². The van der Waals surface area contributed by atoms with E-state index in [4.69, 9.17) is 15.7 Å². The van der Waals surface area contributed by atoms with E-state index >= 15 is 0 Å². The van der Waals surface area contributed by atoms with Crippen LogP contribution in [0.1, 0.15) is 5.56 Å². The lowest BCUT2D eigenvalue weighted by Gasteiger charge is -2.35. The van der Waals surface area contributed by atoms with Gasteiger partial charge in [-0.3, -0.25) is 0 Å². The number of nitrogens with two attached hydrogens (primary N) is 1. The highest BCUT2D eigenvalue weighted by Crippen LogP contribution is 2.35. The fourth-order valence-electron chi connectivity index (χ4n) is 1.61. The Labute approximate surface area is 93.2 Å². The number of nitrogens with zero attached hydrogens (tertiary/aromatic N) is 1. The number of ether oxygens (including phenoxy) is 1. The van der Waals surface area contributed by atoms with Crippen molar-refractivity contribution in [2.75, 3.05) is 25.2 Å². The van der Waals surface area contributed by atoms with Crippen LogP contribution in [0.15, 0.2) is 23.1 Å². The molecule has 0 atom stereocenters. The fraction of sp³-hybridized carbons (Fsp3) is 0.364. The minimum absolute atomic E-state index is 0.446. The van der Waals surface area contributed by atoms with E-state index < -0.39 is 5.41 Å². The quantitative estimate of drug-likeness (QED) is 0.609. The number of hydrogen-bond donors (Lipinski definition) is 1. The summed E-state index contributed by atoms with van der Waals surface area (Å²) in [7, 11) is 0. The summed E-state index contributed by atoms with van der Waals surface area (Å²) >= 11 is 1.60. The highest BCUT2D eigenvalue weighted by atomic mass is 32.2. The standard InChI is InChI=1S/C11H12N2OS/c1-15-10-4-8(2-3-9(10)13)11(5-12)6-14-7-11/h2-4H,6-7,13H2,1H3. The van der Waals surface area contributed by atoms with Crippen LogP contribution in [0, 0.1) is 11.3 Å². The Balaban J connectivity index is 2.41. The van der Waals surface area contributed by atoms with Gasteiger partial charge in [0.25, 0.3) is 0 Å². The molecule has 1 heterocycles. The Morgan fingerprint density at radius 2 is 2.27 bits per heavy atom.